The molecule has 0 spiro atoms. The molecule has 0 heterocycles. The first-order chi connectivity index (χ1) is 13.0. The van der Waals surface area contributed by atoms with E-state index in [1.807, 2.05) is 0 Å². The van der Waals surface area contributed by atoms with E-state index in [9.17, 15) is 10.1 Å². The first-order valence-electron chi connectivity index (χ1n) is 8.51. The van der Waals surface area contributed by atoms with Gasteiger partial charge in [0.05, 0.1) is 24.2 Å². The minimum absolute atomic E-state index is 0. The van der Waals surface area contributed by atoms with Gasteiger partial charge in [0.2, 0.25) is 0 Å². The molecule has 0 aliphatic carbocycles. The summed E-state index contributed by atoms with van der Waals surface area (Å²) in [7, 11) is 3.69. The van der Waals surface area contributed by atoms with Crippen LogP contribution >= 0.6 is 0 Å². The number of benzene rings is 1. The molecule has 8 nitrogen and oxygen atoms in total. The van der Waals surface area contributed by atoms with Crippen molar-refractivity contribution in [3.8, 4) is 5.75 Å². The number of methoxy groups -OCH3 is 1. The summed E-state index contributed by atoms with van der Waals surface area (Å²) in [6, 6.07) is 3.78. The third-order valence-electron chi connectivity index (χ3n) is 4.14. The van der Waals surface area contributed by atoms with E-state index >= 15 is 0 Å². The van der Waals surface area contributed by atoms with Crippen LogP contribution < -0.4 is 4.74 Å². The third-order valence-corrected chi connectivity index (χ3v) is 6.97. The van der Waals surface area contributed by atoms with Crippen LogP contribution in [0, 0.1) is 17.0 Å². The maximum Gasteiger partial charge on any atom is 0.500 e. The topological polar surface area (TPSA) is 89.3 Å². The number of nitro groups is 1. The zero-order valence-electron chi connectivity index (χ0n) is 17.1. The molecule has 0 fully saturated rings. The second-order valence-corrected chi connectivity index (χ2v) is 8.78. The monoisotopic (exact) mass is 665 g/mol. The van der Waals surface area contributed by atoms with E-state index in [0.717, 1.165) is 12.8 Å². The van der Waals surface area contributed by atoms with Crippen LogP contribution in [0.25, 0.3) is 6.08 Å². The molecule has 0 amide bonds. The average molecular weight is 666 g/mol. The van der Waals surface area contributed by atoms with Crippen molar-refractivity contribution in [2.24, 2.45) is 0 Å². The van der Waals surface area contributed by atoms with Gasteiger partial charge in [0.25, 0.3) is 5.69 Å². The maximum atomic E-state index is 11.4. The van der Waals surface area contributed by atoms with Crippen LogP contribution in [0.4, 0.5) is 5.69 Å². The van der Waals surface area contributed by atoms with E-state index < -0.39 is 13.7 Å². The van der Waals surface area contributed by atoms with E-state index in [-0.39, 0.29) is 12.3 Å². The van der Waals surface area contributed by atoms with E-state index in [2.05, 4.69) is 6.92 Å². The molecule has 1 aromatic rings. The summed E-state index contributed by atoms with van der Waals surface area (Å²) in [6.07, 6.45) is 4.79. The molecule has 1 aromatic carbocycles. The van der Waals surface area contributed by atoms with Gasteiger partial charge in [0.15, 0.2) is 0 Å². The van der Waals surface area contributed by atoms with Crippen LogP contribution in [-0.2, 0) is 24.6 Å². The Bertz CT molecular complexity index is 630. The van der Waals surface area contributed by atoms with E-state index in [1.54, 1.807) is 39.5 Å². The molecule has 0 radical (unpaired) electrons. The fraction of sp³-hybridized carbons (Fsp3) is 0.500. The van der Waals surface area contributed by atoms with Gasteiger partial charge >= 0.3 is 8.80 Å². The fourth-order valence-corrected chi connectivity index (χ4v) is 4.43. The Balaban J connectivity index is 0.00000729. The molecule has 0 aromatic heterocycles. The summed E-state index contributed by atoms with van der Waals surface area (Å²) in [6.45, 7) is 4.20. The first-order valence-corrected chi connectivity index (χ1v) is 10.4. The summed E-state index contributed by atoms with van der Waals surface area (Å²) >= 11 is 0. The maximum absolute atomic E-state index is 11.4. The van der Waals surface area contributed by atoms with Crippen molar-refractivity contribution in [2.45, 2.75) is 25.5 Å². The predicted molar refractivity (Wildman–Crippen MR) is 105 cm³/mol. The number of nitrogens with zero attached hydrogens (tertiary/aromatic N) is 1. The van der Waals surface area contributed by atoms with Gasteiger partial charge in [-0.05, 0) is 18.9 Å². The van der Waals surface area contributed by atoms with Gasteiger partial charge in [0.1, 0.15) is 5.75 Å². The van der Waals surface area contributed by atoms with E-state index in [1.165, 1.54) is 13.2 Å². The summed E-state index contributed by atoms with van der Waals surface area (Å²) in [5.74, 6) is 0.537. The smallest absolute Gasteiger partial charge is 0.498 e. The van der Waals surface area contributed by atoms with Crippen molar-refractivity contribution < 1.29 is 27.7 Å². The first kappa shape index (κ1) is 25.1. The number of nitro benzene ring substituents is 1. The average Bonchev–Trinajstić information content (AvgIpc) is 2.68. The standard InChI is InChI=1S/C18H28NO7Si.Rf/c1-6-9-15-12-17(19(20)21)16(13-18(15)22-2)14-26-10-7-8-11-27(23-3,24-4)25-5;/h6,9,12-13H,1,7-8,10-11,14H2,2-5H3;/q-1;/b9-6+;. The fourth-order valence-electron chi connectivity index (χ4n) is 2.63. The predicted octanol–water partition coefficient (Wildman–Crippen LogP) is 3.63. The molecule has 28 heavy (non-hydrogen) atoms. The molecule has 0 N–H and O–H groups in total. The molecule has 0 bridgehead atoms. The Hall–Kier alpha value is -2.91. The number of allylic oxidation sites excluding steroid dienone is 1. The molecule has 10 heteroatoms. The van der Waals surface area contributed by atoms with E-state index in [0.29, 0.717) is 29.5 Å². The van der Waals surface area contributed by atoms with Gasteiger partial charge in [-0.1, -0.05) is 5.56 Å². The molecule has 0 aliphatic rings. The van der Waals surface area contributed by atoms with Crippen LogP contribution in [0.2, 0.25) is 6.04 Å². The Kier molecular flexibility index (Phi) is 11.2. The Morgan fingerprint density at radius 1 is 1.14 bits per heavy atom. The number of hydrogen-bond acceptors (Lipinski definition) is 7. The normalized spacial score (nSPS) is 11.4. The quantitative estimate of drug-likeness (QED) is 0.105. The van der Waals surface area contributed by atoms with Gasteiger partial charge in [-0.2, -0.15) is 6.08 Å². The van der Waals surface area contributed by atoms with Gasteiger partial charge < -0.3 is 22.8 Å². The van der Waals surface area contributed by atoms with Crippen molar-refractivity contribution >= 4 is 20.6 Å². The van der Waals surface area contributed by atoms with E-state index in [4.69, 9.17) is 22.8 Å². The summed E-state index contributed by atoms with van der Waals surface area (Å²) < 4.78 is 27.0. The van der Waals surface area contributed by atoms with Gasteiger partial charge in [0, 0.05) is 40.0 Å². The van der Waals surface area contributed by atoms with Crippen LogP contribution in [-0.4, -0.2) is 48.8 Å². The Labute approximate surface area is 161 Å². The third kappa shape index (κ3) is 6.67. The second kappa shape index (κ2) is 12.5. The summed E-state index contributed by atoms with van der Waals surface area (Å²) in [5.41, 5.74) is 1.06. The molecule has 0 atom stereocenters. The molecular weight excluding hydrogens is 637 g/mol. The van der Waals surface area contributed by atoms with Crippen LogP contribution in [0.1, 0.15) is 24.0 Å². The van der Waals surface area contributed by atoms with Gasteiger partial charge in [-0.15, -0.1) is 0 Å². The zero-order chi connectivity index (χ0) is 20.3. The molecule has 0 aliphatic heterocycles. The summed E-state index contributed by atoms with van der Waals surface area (Å²) in [5, 5.41) is 11.4. The van der Waals surface area contributed by atoms with Crippen molar-refractivity contribution in [3.05, 3.63) is 46.4 Å². The van der Waals surface area contributed by atoms with Crippen LogP contribution in [0.5, 0.6) is 5.75 Å². The van der Waals surface area contributed by atoms with Crippen LogP contribution in [0.15, 0.2) is 18.2 Å². The molecule has 154 valence electrons. The Morgan fingerprint density at radius 2 is 1.79 bits per heavy atom. The second-order valence-electron chi connectivity index (χ2n) is 5.69. The Morgan fingerprint density at radius 3 is 2.29 bits per heavy atom. The SMILES string of the molecule is [CH2-]/C=C/c1cc([N+](=O)[O-])c(COCCCC[Si](OC)(OC)OC)cc1OC.[Rf]. The van der Waals surface area contributed by atoms with Crippen molar-refractivity contribution in [1.29, 1.82) is 0 Å². The zero-order valence-corrected chi connectivity index (χ0v) is 24.5. The number of hydrogen-bond donors (Lipinski definition) is 0. The van der Waals surface area contributed by atoms with Gasteiger partial charge in [-0.25, -0.2) is 13.0 Å². The molecule has 1 rings (SSSR count). The minimum Gasteiger partial charge on any atom is -0.498 e. The number of rotatable bonds is 13. The van der Waals surface area contributed by atoms with Crippen molar-refractivity contribution in [2.75, 3.05) is 35.0 Å². The van der Waals surface area contributed by atoms with Gasteiger partial charge in [-0.3, -0.25) is 10.1 Å². The minimum atomic E-state index is -2.56. The molecular formula is C18H28NO7RfSi-. The van der Waals surface area contributed by atoms with Crippen molar-refractivity contribution in [1.82, 2.24) is 0 Å². The van der Waals surface area contributed by atoms with Crippen LogP contribution in [0.3, 0.4) is 0 Å². The molecule has 0 saturated heterocycles. The molecule has 0 saturated carbocycles. The van der Waals surface area contributed by atoms with Crippen molar-refractivity contribution in [3.63, 3.8) is 0 Å². The summed E-state index contributed by atoms with van der Waals surface area (Å²) in [4.78, 5) is 10.9. The molecule has 0 unspecified atom stereocenters. The number of ether oxygens (including phenoxy) is 2. The number of unbranched alkanes of at least 4 members (excludes halogenated alkanes) is 1. The largest absolute Gasteiger partial charge is 0.500 e.